The van der Waals surface area contributed by atoms with Crippen LogP contribution in [-0.2, 0) is 13.0 Å². The van der Waals surface area contributed by atoms with Crippen LogP contribution in [-0.4, -0.2) is 53.5 Å². The molecule has 2 saturated heterocycles. The fourth-order valence-corrected chi connectivity index (χ4v) is 4.83. The molecule has 4 heterocycles. The number of aromatic nitrogens is 2. The molecule has 0 saturated carbocycles. The topological polar surface area (TPSA) is 52.6 Å². The standard InChI is InChI=1S/C22H26ClN5O/c23-18-8-2-1-7-16(18)21(29)28-14-9-19-17(15-28)20(26-10-3-4-11-26)25-22(24-19)27-12-5-6-13-27/h1-2,7-8H,3-6,9-15H2. The summed E-state index contributed by atoms with van der Waals surface area (Å²) in [7, 11) is 0. The smallest absolute Gasteiger partial charge is 0.255 e. The number of fused-ring (bicyclic) bond motifs is 1. The molecule has 0 radical (unpaired) electrons. The van der Waals surface area contributed by atoms with Crippen molar-refractivity contribution in [3.05, 3.63) is 46.1 Å². The van der Waals surface area contributed by atoms with Gasteiger partial charge < -0.3 is 14.7 Å². The lowest BCUT2D eigenvalue weighted by atomic mass is 10.0. The second kappa shape index (κ2) is 7.82. The fraction of sp³-hybridized carbons (Fsp3) is 0.500. The van der Waals surface area contributed by atoms with E-state index >= 15 is 0 Å². The molecule has 6 nitrogen and oxygen atoms in total. The zero-order valence-electron chi connectivity index (χ0n) is 16.6. The number of anilines is 2. The molecular formula is C22H26ClN5O. The number of carbonyl (C=O) groups is 1. The lowest BCUT2D eigenvalue weighted by Crippen LogP contribution is -2.38. The van der Waals surface area contributed by atoms with Crippen LogP contribution in [0.5, 0.6) is 0 Å². The van der Waals surface area contributed by atoms with Crippen molar-refractivity contribution < 1.29 is 4.79 Å². The highest BCUT2D eigenvalue weighted by atomic mass is 35.5. The predicted octanol–water partition coefficient (Wildman–Crippen LogP) is 3.53. The van der Waals surface area contributed by atoms with Crippen molar-refractivity contribution in [2.24, 2.45) is 0 Å². The molecule has 1 amide bonds. The summed E-state index contributed by atoms with van der Waals surface area (Å²) in [4.78, 5) is 29.6. The van der Waals surface area contributed by atoms with Gasteiger partial charge in [-0.25, -0.2) is 4.98 Å². The van der Waals surface area contributed by atoms with Crippen molar-refractivity contribution in [1.29, 1.82) is 0 Å². The van der Waals surface area contributed by atoms with Gasteiger partial charge in [0.2, 0.25) is 5.95 Å². The number of amides is 1. The van der Waals surface area contributed by atoms with Crippen LogP contribution in [0, 0.1) is 0 Å². The van der Waals surface area contributed by atoms with Gasteiger partial charge in [-0.05, 0) is 37.8 Å². The van der Waals surface area contributed by atoms with Crippen molar-refractivity contribution in [2.45, 2.75) is 38.6 Å². The Morgan fingerprint density at radius 2 is 1.59 bits per heavy atom. The second-order valence-corrected chi connectivity index (χ2v) is 8.52. The maximum absolute atomic E-state index is 13.1. The van der Waals surface area contributed by atoms with Gasteiger partial charge in [0.05, 0.1) is 22.8 Å². The molecular weight excluding hydrogens is 386 g/mol. The lowest BCUT2D eigenvalue weighted by molar-refractivity contribution is 0.0734. The molecule has 29 heavy (non-hydrogen) atoms. The Hall–Kier alpha value is -2.34. The Morgan fingerprint density at radius 3 is 2.31 bits per heavy atom. The van der Waals surface area contributed by atoms with Crippen LogP contribution in [0.15, 0.2) is 24.3 Å². The summed E-state index contributed by atoms with van der Waals surface area (Å²) < 4.78 is 0. The number of carbonyl (C=O) groups excluding carboxylic acids is 1. The first-order valence-corrected chi connectivity index (χ1v) is 11.0. The molecule has 0 bridgehead atoms. The number of benzene rings is 1. The number of halogens is 1. The maximum Gasteiger partial charge on any atom is 0.255 e. The Kier molecular flexibility index (Phi) is 5.04. The van der Waals surface area contributed by atoms with Gasteiger partial charge in [0.25, 0.3) is 5.91 Å². The van der Waals surface area contributed by atoms with Crippen LogP contribution >= 0.6 is 11.6 Å². The molecule has 5 rings (SSSR count). The SMILES string of the molecule is O=C(c1ccccc1Cl)N1CCc2nc(N3CCCC3)nc(N3CCCC3)c2C1. The Balaban J connectivity index is 1.49. The molecule has 0 N–H and O–H groups in total. The molecule has 1 aromatic heterocycles. The zero-order valence-corrected chi connectivity index (χ0v) is 17.4. The lowest BCUT2D eigenvalue weighted by Gasteiger charge is -2.32. The van der Waals surface area contributed by atoms with E-state index in [9.17, 15) is 4.79 Å². The minimum absolute atomic E-state index is 0.0164. The largest absolute Gasteiger partial charge is 0.356 e. The summed E-state index contributed by atoms with van der Waals surface area (Å²) in [6.45, 7) is 5.34. The van der Waals surface area contributed by atoms with Gasteiger partial charge in [-0.15, -0.1) is 0 Å². The van der Waals surface area contributed by atoms with Gasteiger partial charge in [0, 0.05) is 44.7 Å². The van der Waals surface area contributed by atoms with Crippen LogP contribution in [0.25, 0.3) is 0 Å². The summed E-state index contributed by atoms with van der Waals surface area (Å²) in [6.07, 6.45) is 5.56. The number of hydrogen-bond acceptors (Lipinski definition) is 5. The van der Waals surface area contributed by atoms with Gasteiger partial charge in [-0.2, -0.15) is 4.98 Å². The second-order valence-electron chi connectivity index (χ2n) is 8.12. The van der Waals surface area contributed by atoms with Gasteiger partial charge in [-0.3, -0.25) is 4.79 Å². The van der Waals surface area contributed by atoms with E-state index in [2.05, 4.69) is 9.80 Å². The van der Waals surface area contributed by atoms with Crippen molar-refractivity contribution in [2.75, 3.05) is 42.5 Å². The van der Waals surface area contributed by atoms with E-state index in [0.29, 0.717) is 23.7 Å². The Morgan fingerprint density at radius 1 is 0.897 bits per heavy atom. The minimum atomic E-state index is -0.0164. The zero-order chi connectivity index (χ0) is 19.8. The van der Waals surface area contributed by atoms with Crippen molar-refractivity contribution >= 4 is 29.3 Å². The van der Waals surface area contributed by atoms with Gasteiger partial charge in [0.15, 0.2) is 0 Å². The Bertz CT molecular complexity index is 921. The quantitative estimate of drug-likeness (QED) is 0.773. The van der Waals surface area contributed by atoms with E-state index in [1.165, 1.54) is 25.7 Å². The third-order valence-electron chi connectivity index (χ3n) is 6.21. The average molecular weight is 412 g/mol. The first kappa shape index (κ1) is 18.7. The van der Waals surface area contributed by atoms with Gasteiger partial charge in [-0.1, -0.05) is 23.7 Å². The van der Waals surface area contributed by atoms with Gasteiger partial charge >= 0.3 is 0 Å². The minimum Gasteiger partial charge on any atom is -0.356 e. The van der Waals surface area contributed by atoms with E-state index in [0.717, 1.165) is 55.6 Å². The molecule has 0 aliphatic carbocycles. The highest BCUT2D eigenvalue weighted by molar-refractivity contribution is 6.33. The monoisotopic (exact) mass is 411 g/mol. The first-order chi connectivity index (χ1) is 14.2. The fourth-order valence-electron chi connectivity index (χ4n) is 4.61. The molecule has 7 heteroatoms. The maximum atomic E-state index is 13.1. The van der Waals surface area contributed by atoms with Crippen LogP contribution in [0.3, 0.4) is 0 Å². The highest BCUT2D eigenvalue weighted by Crippen LogP contribution is 2.32. The summed E-state index contributed by atoms with van der Waals surface area (Å²) in [5.41, 5.74) is 2.78. The summed E-state index contributed by atoms with van der Waals surface area (Å²) in [5.74, 6) is 1.89. The molecule has 152 valence electrons. The number of nitrogens with zero attached hydrogens (tertiary/aromatic N) is 5. The van der Waals surface area contributed by atoms with Crippen LogP contribution in [0.1, 0.15) is 47.3 Å². The van der Waals surface area contributed by atoms with Gasteiger partial charge in [0.1, 0.15) is 5.82 Å². The molecule has 2 fully saturated rings. The summed E-state index contributed by atoms with van der Waals surface area (Å²) >= 11 is 6.28. The molecule has 3 aliphatic rings. The van der Waals surface area contributed by atoms with Crippen molar-refractivity contribution in [1.82, 2.24) is 14.9 Å². The highest BCUT2D eigenvalue weighted by Gasteiger charge is 2.30. The van der Waals surface area contributed by atoms with Crippen LogP contribution in [0.2, 0.25) is 5.02 Å². The van der Waals surface area contributed by atoms with E-state index in [1.807, 2.05) is 17.0 Å². The van der Waals surface area contributed by atoms with Crippen LogP contribution in [0.4, 0.5) is 11.8 Å². The summed E-state index contributed by atoms with van der Waals surface area (Å²) in [6, 6.07) is 7.28. The van der Waals surface area contributed by atoms with E-state index in [-0.39, 0.29) is 5.91 Å². The van der Waals surface area contributed by atoms with E-state index in [1.54, 1.807) is 12.1 Å². The number of rotatable bonds is 3. The molecule has 3 aliphatic heterocycles. The summed E-state index contributed by atoms with van der Waals surface area (Å²) in [5, 5.41) is 0.503. The van der Waals surface area contributed by atoms with E-state index < -0.39 is 0 Å². The predicted molar refractivity (Wildman–Crippen MR) is 115 cm³/mol. The third kappa shape index (κ3) is 3.54. The molecule has 0 unspecified atom stereocenters. The normalized spacial score (nSPS) is 19.0. The Labute approximate surface area is 176 Å². The molecule has 1 aromatic carbocycles. The number of hydrogen-bond donors (Lipinski definition) is 0. The molecule has 2 aromatic rings. The molecule has 0 atom stereocenters. The average Bonchev–Trinajstić information content (AvgIpc) is 3.47. The molecule has 0 spiro atoms. The third-order valence-corrected chi connectivity index (χ3v) is 6.54. The first-order valence-electron chi connectivity index (χ1n) is 10.6. The van der Waals surface area contributed by atoms with Crippen LogP contribution < -0.4 is 9.80 Å². The van der Waals surface area contributed by atoms with Crippen molar-refractivity contribution in [3.63, 3.8) is 0 Å². The van der Waals surface area contributed by atoms with E-state index in [4.69, 9.17) is 21.6 Å². The van der Waals surface area contributed by atoms with Crippen molar-refractivity contribution in [3.8, 4) is 0 Å².